The summed E-state index contributed by atoms with van der Waals surface area (Å²) in [6.07, 6.45) is 4.65. The zero-order valence-corrected chi connectivity index (χ0v) is 14.5. The molecule has 4 nitrogen and oxygen atoms in total. The first-order valence-electron chi connectivity index (χ1n) is 8.14. The number of hydrogen-bond acceptors (Lipinski definition) is 4. The van der Waals surface area contributed by atoms with E-state index < -0.39 is 0 Å². The summed E-state index contributed by atoms with van der Waals surface area (Å²) in [5, 5.41) is 3.81. The second kappa shape index (κ2) is 6.79. The largest absolute Gasteiger partial charge is 0.352 e. The zero-order valence-electron chi connectivity index (χ0n) is 13.7. The van der Waals surface area contributed by atoms with Crippen molar-refractivity contribution in [3.63, 3.8) is 0 Å². The van der Waals surface area contributed by atoms with E-state index in [4.69, 9.17) is 4.99 Å². The highest BCUT2D eigenvalue weighted by Gasteiger charge is 2.26. The molecule has 1 aromatic rings. The average molecular weight is 329 g/mol. The maximum Gasteiger partial charge on any atom is 0.233 e. The van der Waals surface area contributed by atoms with Crippen LogP contribution in [-0.2, 0) is 4.79 Å². The number of hydrogen-bond donors (Lipinski definition) is 1. The van der Waals surface area contributed by atoms with Gasteiger partial charge in [-0.15, -0.1) is 0 Å². The molecule has 1 unspecified atom stereocenters. The first-order chi connectivity index (χ1) is 11.1. The summed E-state index contributed by atoms with van der Waals surface area (Å²) in [5.41, 5.74) is 2.88. The molecular formula is C18H23N3OS. The van der Waals surface area contributed by atoms with Gasteiger partial charge in [-0.2, -0.15) is 0 Å². The van der Waals surface area contributed by atoms with Crippen molar-refractivity contribution in [2.45, 2.75) is 43.9 Å². The van der Waals surface area contributed by atoms with Crippen LogP contribution in [0.5, 0.6) is 0 Å². The topological polar surface area (TPSA) is 44.7 Å². The van der Waals surface area contributed by atoms with Crippen LogP contribution >= 0.6 is 11.8 Å². The van der Waals surface area contributed by atoms with E-state index in [-0.39, 0.29) is 11.2 Å². The van der Waals surface area contributed by atoms with Crippen molar-refractivity contribution < 1.29 is 4.79 Å². The fraction of sp³-hybridized carbons (Fsp3) is 0.444. The Balaban J connectivity index is 1.70. The van der Waals surface area contributed by atoms with Crippen LogP contribution in [-0.4, -0.2) is 34.3 Å². The minimum absolute atomic E-state index is 0.0995. The molecule has 0 bridgehead atoms. The van der Waals surface area contributed by atoms with Gasteiger partial charge in [0, 0.05) is 24.4 Å². The molecule has 122 valence electrons. The molecule has 1 aromatic carbocycles. The molecule has 1 fully saturated rings. The standard InChI is InChI=1S/C18H23N3OS/c1-12-15-10-6-7-11-16(15)20-18(21(12)3)23-13(2)17(22)19-14-8-4-5-9-14/h6-7,10-11,13-14H,1,4-5,8-9H2,2-3H3,(H,19,22). The number of carbonyl (C=O) groups is 1. The monoisotopic (exact) mass is 329 g/mol. The molecule has 0 radical (unpaired) electrons. The lowest BCUT2D eigenvalue weighted by molar-refractivity contribution is -0.120. The molecule has 1 atom stereocenters. The van der Waals surface area contributed by atoms with Crippen molar-refractivity contribution in [2.24, 2.45) is 4.99 Å². The van der Waals surface area contributed by atoms with E-state index in [1.807, 2.05) is 43.1 Å². The maximum absolute atomic E-state index is 12.4. The zero-order chi connectivity index (χ0) is 16.4. The van der Waals surface area contributed by atoms with Crippen LogP contribution in [0.1, 0.15) is 38.2 Å². The Hall–Kier alpha value is -1.75. The predicted octanol–water partition coefficient (Wildman–Crippen LogP) is 3.77. The molecule has 1 saturated carbocycles. The second-order valence-corrected chi connectivity index (χ2v) is 7.48. The Bertz CT molecular complexity index is 649. The fourth-order valence-electron chi connectivity index (χ4n) is 3.00. The molecular weight excluding hydrogens is 306 g/mol. The molecule has 2 aliphatic rings. The number of nitrogens with one attached hydrogen (secondary N) is 1. The first-order valence-corrected chi connectivity index (χ1v) is 9.02. The lowest BCUT2D eigenvalue weighted by Gasteiger charge is -2.29. The van der Waals surface area contributed by atoms with E-state index in [1.54, 1.807) is 0 Å². The number of amidine groups is 1. The number of amides is 1. The third-order valence-electron chi connectivity index (χ3n) is 4.48. The highest BCUT2D eigenvalue weighted by atomic mass is 32.2. The third-order valence-corrected chi connectivity index (χ3v) is 5.62. The van der Waals surface area contributed by atoms with E-state index in [0.717, 1.165) is 35.0 Å². The highest BCUT2D eigenvalue weighted by molar-refractivity contribution is 8.14. The van der Waals surface area contributed by atoms with Gasteiger partial charge in [0.05, 0.1) is 10.9 Å². The molecule has 23 heavy (non-hydrogen) atoms. The molecule has 1 amide bonds. The number of para-hydroxylation sites is 1. The molecule has 5 heteroatoms. The average Bonchev–Trinajstić information content (AvgIpc) is 3.05. The van der Waals surface area contributed by atoms with E-state index in [2.05, 4.69) is 11.9 Å². The third kappa shape index (κ3) is 3.44. The van der Waals surface area contributed by atoms with Crippen LogP contribution in [0.4, 0.5) is 5.69 Å². The van der Waals surface area contributed by atoms with Crippen LogP contribution in [0.25, 0.3) is 5.70 Å². The number of benzene rings is 1. The van der Waals surface area contributed by atoms with Crippen molar-refractivity contribution in [3.8, 4) is 0 Å². The number of nitrogens with zero attached hydrogens (tertiary/aromatic N) is 2. The van der Waals surface area contributed by atoms with Crippen LogP contribution in [0.3, 0.4) is 0 Å². The summed E-state index contributed by atoms with van der Waals surface area (Å²) in [5.74, 6) is 0.0995. The van der Waals surface area contributed by atoms with Gasteiger partial charge in [0.1, 0.15) is 0 Å². The normalized spacial score (nSPS) is 19.3. The van der Waals surface area contributed by atoms with Crippen LogP contribution in [0, 0.1) is 0 Å². The molecule has 1 aliphatic heterocycles. The first kappa shape index (κ1) is 16.1. The van der Waals surface area contributed by atoms with Crippen molar-refractivity contribution >= 4 is 34.2 Å². The van der Waals surface area contributed by atoms with Gasteiger partial charge in [0.15, 0.2) is 5.17 Å². The van der Waals surface area contributed by atoms with Crippen molar-refractivity contribution in [2.75, 3.05) is 7.05 Å². The quantitative estimate of drug-likeness (QED) is 0.918. The fourth-order valence-corrected chi connectivity index (χ4v) is 3.91. The lowest BCUT2D eigenvalue weighted by Crippen LogP contribution is -2.39. The van der Waals surface area contributed by atoms with Crippen molar-refractivity contribution in [1.82, 2.24) is 10.2 Å². The van der Waals surface area contributed by atoms with E-state index in [1.165, 1.54) is 24.6 Å². The Morgan fingerprint density at radius 1 is 1.39 bits per heavy atom. The van der Waals surface area contributed by atoms with Gasteiger partial charge in [0.2, 0.25) is 5.91 Å². The van der Waals surface area contributed by atoms with Crippen molar-refractivity contribution in [3.05, 3.63) is 36.4 Å². The van der Waals surface area contributed by atoms with Crippen LogP contribution in [0.15, 0.2) is 35.8 Å². The van der Waals surface area contributed by atoms with Gasteiger partial charge < -0.3 is 10.2 Å². The number of carbonyl (C=O) groups excluding carboxylic acids is 1. The minimum Gasteiger partial charge on any atom is -0.352 e. The number of thioether (sulfide) groups is 1. The SMILES string of the molecule is C=C1c2ccccc2N=C(SC(C)C(=O)NC2CCCC2)N1C. The predicted molar refractivity (Wildman–Crippen MR) is 97.8 cm³/mol. The Labute approximate surface area is 142 Å². The Kier molecular flexibility index (Phi) is 4.76. The molecule has 0 saturated heterocycles. The smallest absolute Gasteiger partial charge is 0.233 e. The van der Waals surface area contributed by atoms with Gasteiger partial charge >= 0.3 is 0 Å². The van der Waals surface area contributed by atoms with Crippen molar-refractivity contribution in [1.29, 1.82) is 0 Å². The maximum atomic E-state index is 12.4. The number of aliphatic imine (C=N–C) groups is 1. The van der Waals surface area contributed by atoms with Gasteiger partial charge in [-0.05, 0) is 25.8 Å². The molecule has 0 aromatic heterocycles. The summed E-state index contributed by atoms with van der Waals surface area (Å²) in [6.45, 7) is 6.09. The van der Waals surface area contributed by atoms with Crippen LogP contribution < -0.4 is 5.32 Å². The van der Waals surface area contributed by atoms with E-state index >= 15 is 0 Å². The summed E-state index contributed by atoms with van der Waals surface area (Å²) in [7, 11) is 1.95. The summed E-state index contributed by atoms with van der Waals surface area (Å²) < 4.78 is 0. The van der Waals surface area contributed by atoms with Gasteiger partial charge in [0.25, 0.3) is 0 Å². The molecule has 1 N–H and O–H groups in total. The summed E-state index contributed by atoms with van der Waals surface area (Å²) in [4.78, 5) is 19.0. The summed E-state index contributed by atoms with van der Waals surface area (Å²) >= 11 is 1.49. The number of fused-ring (bicyclic) bond motifs is 1. The Morgan fingerprint density at radius 2 is 2.09 bits per heavy atom. The summed E-state index contributed by atoms with van der Waals surface area (Å²) in [6, 6.07) is 8.32. The van der Waals surface area contributed by atoms with E-state index in [9.17, 15) is 4.79 Å². The van der Waals surface area contributed by atoms with Gasteiger partial charge in [-0.3, -0.25) is 4.79 Å². The Morgan fingerprint density at radius 3 is 2.83 bits per heavy atom. The second-order valence-electron chi connectivity index (χ2n) is 6.17. The molecule has 1 aliphatic carbocycles. The number of rotatable bonds is 3. The highest BCUT2D eigenvalue weighted by Crippen LogP contribution is 2.35. The molecule has 0 spiro atoms. The molecule has 3 rings (SSSR count). The lowest BCUT2D eigenvalue weighted by atomic mass is 10.1. The van der Waals surface area contributed by atoms with Gasteiger partial charge in [-0.1, -0.05) is 49.4 Å². The van der Waals surface area contributed by atoms with Crippen LogP contribution in [0.2, 0.25) is 0 Å². The minimum atomic E-state index is -0.171. The molecule has 1 heterocycles. The van der Waals surface area contributed by atoms with E-state index in [0.29, 0.717) is 6.04 Å². The van der Waals surface area contributed by atoms with Gasteiger partial charge in [-0.25, -0.2) is 4.99 Å².